The van der Waals surface area contributed by atoms with E-state index in [1.165, 1.54) is 11.1 Å². The van der Waals surface area contributed by atoms with Gasteiger partial charge in [0.1, 0.15) is 0 Å². The van der Waals surface area contributed by atoms with Crippen LogP contribution in [0.15, 0.2) is 36.7 Å². The summed E-state index contributed by atoms with van der Waals surface area (Å²) in [6.45, 7) is 4.69. The van der Waals surface area contributed by atoms with E-state index < -0.39 is 0 Å². The van der Waals surface area contributed by atoms with Gasteiger partial charge in [-0.15, -0.1) is 0 Å². The van der Waals surface area contributed by atoms with Crippen molar-refractivity contribution in [1.29, 1.82) is 0 Å². The number of benzene rings is 1. The molecule has 0 saturated heterocycles. The molecular weight excluding hydrogens is 250 g/mol. The second kappa shape index (κ2) is 7.70. The Kier molecular flexibility index (Phi) is 5.62. The summed E-state index contributed by atoms with van der Waals surface area (Å²) in [5.41, 5.74) is 2.75. The first kappa shape index (κ1) is 14.6. The molecular formula is C16H23N3O. The van der Waals surface area contributed by atoms with Gasteiger partial charge in [-0.2, -0.15) is 0 Å². The maximum Gasteiger partial charge on any atom is 0.203 e. The largest absolute Gasteiger partial charge is 0.385 e. The fourth-order valence-corrected chi connectivity index (χ4v) is 2.26. The standard InChI is InChI=1S/C16H23N3O/c1-3-14-7-4-5-8-15(14)13-19-11-10-18-16(19)17-9-6-12-20-2/h4-5,7-8,10-11H,3,6,9,12-13H2,1-2H3,(H,17,18). The van der Waals surface area contributed by atoms with Crippen LogP contribution in [0.3, 0.4) is 0 Å². The fraction of sp³-hybridized carbons (Fsp3) is 0.438. The number of aryl methyl sites for hydroxylation is 1. The van der Waals surface area contributed by atoms with Crippen molar-refractivity contribution in [3.63, 3.8) is 0 Å². The van der Waals surface area contributed by atoms with Crippen LogP contribution in [0, 0.1) is 0 Å². The Morgan fingerprint density at radius 1 is 1.25 bits per heavy atom. The number of anilines is 1. The van der Waals surface area contributed by atoms with Crippen molar-refractivity contribution in [3.8, 4) is 0 Å². The minimum absolute atomic E-state index is 0.770. The maximum atomic E-state index is 5.05. The van der Waals surface area contributed by atoms with Gasteiger partial charge in [-0.25, -0.2) is 4.98 Å². The summed E-state index contributed by atoms with van der Waals surface area (Å²) >= 11 is 0. The Hall–Kier alpha value is -1.81. The van der Waals surface area contributed by atoms with E-state index in [1.54, 1.807) is 7.11 Å². The summed E-state index contributed by atoms with van der Waals surface area (Å²) in [4.78, 5) is 4.38. The van der Waals surface area contributed by atoms with Gasteiger partial charge in [0.2, 0.25) is 5.95 Å². The van der Waals surface area contributed by atoms with Crippen LogP contribution in [0.5, 0.6) is 0 Å². The predicted octanol–water partition coefficient (Wildman–Crippen LogP) is 2.94. The molecule has 1 aromatic heterocycles. The lowest BCUT2D eigenvalue weighted by Gasteiger charge is -2.12. The van der Waals surface area contributed by atoms with Crippen LogP contribution in [0.1, 0.15) is 24.5 Å². The highest BCUT2D eigenvalue weighted by Gasteiger charge is 2.05. The van der Waals surface area contributed by atoms with Gasteiger partial charge >= 0.3 is 0 Å². The second-order valence-electron chi connectivity index (χ2n) is 4.77. The highest BCUT2D eigenvalue weighted by atomic mass is 16.5. The summed E-state index contributed by atoms with van der Waals surface area (Å²) in [7, 11) is 1.72. The predicted molar refractivity (Wildman–Crippen MR) is 82.1 cm³/mol. The molecule has 0 fully saturated rings. The SMILES string of the molecule is CCc1ccccc1Cn1ccnc1NCCCOC. The first-order valence-corrected chi connectivity index (χ1v) is 7.16. The van der Waals surface area contributed by atoms with Gasteiger partial charge in [0.05, 0.1) is 6.54 Å². The van der Waals surface area contributed by atoms with Crippen LogP contribution in [0.4, 0.5) is 5.95 Å². The molecule has 0 saturated carbocycles. The highest BCUT2D eigenvalue weighted by Crippen LogP contribution is 2.14. The van der Waals surface area contributed by atoms with Crippen LogP contribution >= 0.6 is 0 Å². The molecule has 0 aliphatic heterocycles. The van der Waals surface area contributed by atoms with E-state index >= 15 is 0 Å². The number of nitrogens with one attached hydrogen (secondary N) is 1. The lowest BCUT2D eigenvalue weighted by Crippen LogP contribution is -2.11. The summed E-state index contributed by atoms with van der Waals surface area (Å²) in [5.74, 6) is 0.923. The third-order valence-electron chi connectivity index (χ3n) is 3.36. The number of methoxy groups -OCH3 is 1. The van der Waals surface area contributed by atoms with Crippen molar-refractivity contribution >= 4 is 5.95 Å². The van der Waals surface area contributed by atoms with Gasteiger partial charge in [0.15, 0.2) is 0 Å². The zero-order valence-corrected chi connectivity index (χ0v) is 12.3. The Labute approximate surface area is 120 Å². The number of rotatable bonds is 8. The normalized spacial score (nSPS) is 10.7. The molecule has 0 bridgehead atoms. The van der Waals surface area contributed by atoms with Crippen molar-refractivity contribution in [1.82, 2.24) is 9.55 Å². The molecule has 0 spiro atoms. The highest BCUT2D eigenvalue weighted by molar-refractivity contribution is 5.31. The Morgan fingerprint density at radius 2 is 2.05 bits per heavy atom. The molecule has 2 aromatic rings. The van der Waals surface area contributed by atoms with Crippen molar-refractivity contribution in [3.05, 3.63) is 47.8 Å². The van der Waals surface area contributed by atoms with Crippen LogP contribution < -0.4 is 5.32 Å². The smallest absolute Gasteiger partial charge is 0.203 e. The van der Waals surface area contributed by atoms with Gasteiger partial charge in [-0.1, -0.05) is 31.2 Å². The van der Waals surface area contributed by atoms with Crippen molar-refractivity contribution in [2.75, 3.05) is 25.6 Å². The molecule has 2 rings (SSSR count). The average Bonchev–Trinajstić information content (AvgIpc) is 2.91. The number of ether oxygens (including phenoxy) is 1. The maximum absolute atomic E-state index is 5.05. The molecule has 20 heavy (non-hydrogen) atoms. The quantitative estimate of drug-likeness (QED) is 0.752. The summed E-state index contributed by atoms with van der Waals surface area (Å²) in [5, 5.41) is 3.36. The van der Waals surface area contributed by atoms with Crippen LogP contribution in [-0.2, 0) is 17.7 Å². The minimum Gasteiger partial charge on any atom is -0.385 e. The van der Waals surface area contributed by atoms with Crippen LogP contribution in [0.25, 0.3) is 0 Å². The summed E-state index contributed by atoms with van der Waals surface area (Å²) < 4.78 is 7.20. The van der Waals surface area contributed by atoms with Crippen LogP contribution in [0.2, 0.25) is 0 Å². The van der Waals surface area contributed by atoms with Gasteiger partial charge < -0.3 is 14.6 Å². The molecule has 0 aliphatic rings. The van der Waals surface area contributed by atoms with E-state index in [4.69, 9.17) is 4.74 Å². The third kappa shape index (κ3) is 3.84. The van der Waals surface area contributed by atoms with E-state index in [1.807, 2.05) is 12.4 Å². The van der Waals surface area contributed by atoms with Crippen molar-refractivity contribution in [2.45, 2.75) is 26.3 Å². The molecule has 0 unspecified atom stereocenters. The number of hydrogen-bond acceptors (Lipinski definition) is 3. The van der Waals surface area contributed by atoms with Gasteiger partial charge in [-0.3, -0.25) is 0 Å². The Morgan fingerprint density at radius 3 is 2.80 bits per heavy atom. The first-order chi connectivity index (χ1) is 9.85. The van der Waals surface area contributed by atoms with Crippen LogP contribution in [-0.4, -0.2) is 29.8 Å². The molecule has 108 valence electrons. The lowest BCUT2D eigenvalue weighted by atomic mass is 10.1. The molecule has 1 aromatic carbocycles. The minimum atomic E-state index is 0.770. The van der Waals surface area contributed by atoms with E-state index in [0.29, 0.717) is 0 Å². The zero-order chi connectivity index (χ0) is 14.2. The van der Waals surface area contributed by atoms with E-state index in [9.17, 15) is 0 Å². The van der Waals surface area contributed by atoms with Gasteiger partial charge in [0, 0.05) is 32.7 Å². The molecule has 0 atom stereocenters. The van der Waals surface area contributed by atoms with Crippen molar-refractivity contribution < 1.29 is 4.74 Å². The number of imidazole rings is 1. The number of aromatic nitrogens is 2. The zero-order valence-electron chi connectivity index (χ0n) is 12.3. The number of hydrogen-bond donors (Lipinski definition) is 1. The molecule has 0 aliphatic carbocycles. The van der Waals surface area contributed by atoms with E-state index in [-0.39, 0.29) is 0 Å². The van der Waals surface area contributed by atoms with Gasteiger partial charge in [-0.05, 0) is 24.0 Å². The van der Waals surface area contributed by atoms with Crippen molar-refractivity contribution in [2.24, 2.45) is 0 Å². The molecule has 0 amide bonds. The monoisotopic (exact) mass is 273 g/mol. The Bertz CT molecular complexity index is 522. The molecule has 1 heterocycles. The Balaban J connectivity index is 2.01. The van der Waals surface area contributed by atoms with E-state index in [0.717, 1.165) is 38.5 Å². The second-order valence-corrected chi connectivity index (χ2v) is 4.77. The molecule has 1 N–H and O–H groups in total. The molecule has 4 nitrogen and oxygen atoms in total. The number of nitrogens with zero attached hydrogens (tertiary/aromatic N) is 2. The van der Waals surface area contributed by atoms with E-state index in [2.05, 4.69) is 46.1 Å². The summed E-state index contributed by atoms with van der Waals surface area (Å²) in [6.07, 6.45) is 5.90. The lowest BCUT2D eigenvalue weighted by molar-refractivity contribution is 0.197. The topological polar surface area (TPSA) is 39.1 Å². The molecule has 0 radical (unpaired) electrons. The summed E-state index contributed by atoms with van der Waals surface area (Å²) in [6, 6.07) is 8.57. The van der Waals surface area contributed by atoms with Gasteiger partial charge in [0.25, 0.3) is 0 Å². The average molecular weight is 273 g/mol. The molecule has 4 heteroatoms. The first-order valence-electron chi connectivity index (χ1n) is 7.16. The fourth-order valence-electron chi connectivity index (χ4n) is 2.26. The third-order valence-corrected chi connectivity index (χ3v) is 3.36.